The van der Waals surface area contributed by atoms with Gasteiger partial charge in [0, 0.05) is 24.9 Å². The highest BCUT2D eigenvalue weighted by atomic mass is 32.1. The molecule has 2 N–H and O–H groups in total. The molecule has 0 saturated carbocycles. The third-order valence-electron chi connectivity index (χ3n) is 1.84. The van der Waals surface area contributed by atoms with E-state index in [1.54, 1.807) is 23.7 Å². The van der Waals surface area contributed by atoms with E-state index in [0.29, 0.717) is 12.5 Å². The van der Waals surface area contributed by atoms with Crippen molar-refractivity contribution >= 4 is 21.8 Å². The molecule has 0 saturated heterocycles. The van der Waals surface area contributed by atoms with Crippen molar-refractivity contribution in [3.8, 4) is 0 Å². The van der Waals surface area contributed by atoms with Crippen LogP contribution in [0.4, 0.5) is 0 Å². The smallest absolute Gasteiger partial charge is 0.189 e. The summed E-state index contributed by atoms with van der Waals surface area (Å²) in [6.45, 7) is 2.66. The van der Waals surface area contributed by atoms with Crippen LogP contribution in [0.15, 0.2) is 12.4 Å². The van der Waals surface area contributed by atoms with Gasteiger partial charge in [-0.15, -0.1) is 0 Å². The molecule has 0 amide bonds. The van der Waals surface area contributed by atoms with Gasteiger partial charge in [-0.1, -0.05) is 18.3 Å². The normalized spacial score (nSPS) is 13.4. The van der Waals surface area contributed by atoms with Crippen LogP contribution in [0.5, 0.6) is 0 Å². The second kappa shape index (κ2) is 3.35. The average molecular weight is 194 g/mol. The molecular weight excluding hydrogens is 184 g/mol. The number of fused-ring (bicyclic) bond motifs is 1. The van der Waals surface area contributed by atoms with Gasteiger partial charge < -0.3 is 5.73 Å². The first-order valence-electron chi connectivity index (χ1n) is 4.08. The summed E-state index contributed by atoms with van der Waals surface area (Å²) in [7, 11) is 0. The Kier molecular flexibility index (Phi) is 2.20. The molecule has 1 unspecified atom stereocenters. The Labute approximate surface area is 79.8 Å². The van der Waals surface area contributed by atoms with Gasteiger partial charge in [0.1, 0.15) is 5.01 Å². The molecule has 2 aromatic heterocycles. The summed E-state index contributed by atoms with van der Waals surface area (Å²) in [6.07, 6.45) is 3.33. The molecule has 2 aromatic rings. The highest BCUT2D eigenvalue weighted by Crippen LogP contribution is 2.23. The maximum absolute atomic E-state index is 5.55. The zero-order chi connectivity index (χ0) is 9.26. The molecule has 4 nitrogen and oxygen atoms in total. The van der Waals surface area contributed by atoms with E-state index >= 15 is 0 Å². The van der Waals surface area contributed by atoms with Crippen molar-refractivity contribution in [2.24, 2.45) is 5.73 Å². The average Bonchev–Trinajstić information content (AvgIpc) is 2.59. The van der Waals surface area contributed by atoms with Gasteiger partial charge in [-0.2, -0.15) is 0 Å². The van der Waals surface area contributed by atoms with Gasteiger partial charge in [0.05, 0.1) is 0 Å². The number of nitrogens with two attached hydrogens (primary N) is 1. The van der Waals surface area contributed by atoms with Crippen molar-refractivity contribution in [2.75, 3.05) is 6.54 Å². The zero-order valence-electron chi connectivity index (χ0n) is 7.27. The van der Waals surface area contributed by atoms with Crippen molar-refractivity contribution in [1.82, 2.24) is 15.0 Å². The van der Waals surface area contributed by atoms with Crippen molar-refractivity contribution in [3.05, 3.63) is 17.4 Å². The second-order valence-corrected chi connectivity index (χ2v) is 3.88. The van der Waals surface area contributed by atoms with Crippen molar-refractivity contribution in [1.29, 1.82) is 0 Å². The molecular formula is C8H10N4S. The molecule has 68 valence electrons. The first-order chi connectivity index (χ1) is 6.31. The third kappa shape index (κ3) is 1.52. The molecule has 0 radical (unpaired) electrons. The van der Waals surface area contributed by atoms with Crippen LogP contribution in [0.2, 0.25) is 0 Å². The predicted molar refractivity (Wildman–Crippen MR) is 52.7 cm³/mol. The minimum absolute atomic E-state index is 0.293. The van der Waals surface area contributed by atoms with Crippen LogP contribution in [0.3, 0.4) is 0 Å². The topological polar surface area (TPSA) is 64.7 Å². The molecule has 0 fully saturated rings. The lowest BCUT2D eigenvalue weighted by Crippen LogP contribution is -2.08. The number of hydrogen-bond donors (Lipinski definition) is 1. The Hall–Kier alpha value is -1.07. The van der Waals surface area contributed by atoms with E-state index in [-0.39, 0.29) is 0 Å². The Morgan fingerprint density at radius 2 is 2.23 bits per heavy atom. The van der Waals surface area contributed by atoms with Crippen molar-refractivity contribution < 1.29 is 0 Å². The van der Waals surface area contributed by atoms with Gasteiger partial charge in [0.2, 0.25) is 0 Å². The highest BCUT2D eigenvalue weighted by Gasteiger charge is 2.10. The highest BCUT2D eigenvalue weighted by molar-refractivity contribution is 7.18. The fourth-order valence-corrected chi connectivity index (χ4v) is 1.94. The molecule has 2 heterocycles. The quantitative estimate of drug-likeness (QED) is 0.778. The summed E-state index contributed by atoms with van der Waals surface area (Å²) >= 11 is 1.57. The number of thiazole rings is 1. The van der Waals surface area contributed by atoms with Crippen molar-refractivity contribution in [3.63, 3.8) is 0 Å². The van der Waals surface area contributed by atoms with Gasteiger partial charge in [-0.05, 0) is 0 Å². The second-order valence-electron chi connectivity index (χ2n) is 2.87. The molecule has 0 aliphatic rings. The van der Waals surface area contributed by atoms with Crippen LogP contribution in [0, 0.1) is 0 Å². The van der Waals surface area contributed by atoms with Gasteiger partial charge >= 0.3 is 0 Å². The number of hydrogen-bond acceptors (Lipinski definition) is 5. The fraction of sp³-hybridized carbons (Fsp3) is 0.375. The Morgan fingerprint density at radius 1 is 1.46 bits per heavy atom. The number of aromatic nitrogens is 3. The van der Waals surface area contributed by atoms with E-state index in [4.69, 9.17) is 5.73 Å². The lowest BCUT2D eigenvalue weighted by atomic mass is 10.2. The molecule has 0 aromatic carbocycles. The molecule has 0 aliphatic carbocycles. The fourth-order valence-electron chi connectivity index (χ4n) is 1.00. The van der Waals surface area contributed by atoms with Crippen LogP contribution in [0.1, 0.15) is 17.8 Å². The van der Waals surface area contributed by atoms with Gasteiger partial charge in [0.25, 0.3) is 0 Å². The van der Waals surface area contributed by atoms with E-state index in [1.165, 1.54) is 0 Å². The van der Waals surface area contributed by atoms with Gasteiger partial charge in [0.15, 0.2) is 10.5 Å². The molecule has 0 aliphatic heterocycles. The standard InChI is InChI=1S/C8H10N4S/c1-5(4-9)7-12-6-8(13-7)11-3-2-10-6/h2-3,5H,4,9H2,1H3. The Balaban J connectivity index is 2.49. The maximum atomic E-state index is 5.55. The summed E-state index contributed by atoms with van der Waals surface area (Å²) in [5.74, 6) is 0.293. The minimum Gasteiger partial charge on any atom is -0.330 e. The molecule has 0 spiro atoms. The zero-order valence-corrected chi connectivity index (χ0v) is 8.08. The molecule has 13 heavy (non-hydrogen) atoms. The lowest BCUT2D eigenvalue weighted by Gasteiger charge is -2.00. The largest absolute Gasteiger partial charge is 0.330 e. The van der Waals surface area contributed by atoms with Crippen LogP contribution >= 0.6 is 11.3 Å². The van der Waals surface area contributed by atoms with Crippen LogP contribution in [0.25, 0.3) is 10.5 Å². The first kappa shape index (κ1) is 8.52. The first-order valence-corrected chi connectivity index (χ1v) is 4.90. The van der Waals surface area contributed by atoms with Crippen LogP contribution in [-0.2, 0) is 0 Å². The summed E-state index contributed by atoms with van der Waals surface area (Å²) in [5.41, 5.74) is 6.28. The Morgan fingerprint density at radius 3 is 2.92 bits per heavy atom. The van der Waals surface area contributed by atoms with E-state index in [1.807, 2.05) is 0 Å². The number of rotatable bonds is 2. The summed E-state index contributed by atoms with van der Waals surface area (Å²) < 4.78 is 0. The van der Waals surface area contributed by atoms with Crippen molar-refractivity contribution in [2.45, 2.75) is 12.8 Å². The van der Waals surface area contributed by atoms with E-state index < -0.39 is 0 Å². The lowest BCUT2D eigenvalue weighted by molar-refractivity contribution is 0.767. The van der Waals surface area contributed by atoms with Crippen LogP contribution in [-0.4, -0.2) is 21.5 Å². The van der Waals surface area contributed by atoms with Crippen LogP contribution < -0.4 is 5.73 Å². The monoisotopic (exact) mass is 194 g/mol. The third-order valence-corrected chi connectivity index (χ3v) is 3.02. The van der Waals surface area contributed by atoms with Gasteiger partial charge in [-0.3, -0.25) is 0 Å². The molecule has 2 rings (SSSR count). The number of nitrogens with zero attached hydrogens (tertiary/aromatic N) is 3. The molecule has 0 bridgehead atoms. The van der Waals surface area contributed by atoms with Gasteiger partial charge in [-0.25, -0.2) is 15.0 Å². The molecule has 5 heteroatoms. The molecule has 1 atom stereocenters. The minimum atomic E-state index is 0.293. The Bertz CT molecular complexity index is 378. The summed E-state index contributed by atoms with van der Waals surface area (Å²) in [6, 6.07) is 0. The predicted octanol–water partition coefficient (Wildman–Crippen LogP) is 1.15. The summed E-state index contributed by atoms with van der Waals surface area (Å²) in [5, 5.41) is 1.02. The van der Waals surface area contributed by atoms with E-state index in [0.717, 1.165) is 15.5 Å². The maximum Gasteiger partial charge on any atom is 0.189 e. The van der Waals surface area contributed by atoms with E-state index in [2.05, 4.69) is 21.9 Å². The SMILES string of the molecule is CC(CN)c1nc2nccnc2s1. The van der Waals surface area contributed by atoms with E-state index in [9.17, 15) is 0 Å². The summed E-state index contributed by atoms with van der Waals surface area (Å²) in [4.78, 5) is 13.5.